The molecule has 1 aromatic rings. The molecule has 3 nitrogen and oxygen atoms in total. The Labute approximate surface area is 95.0 Å². The number of nitrogens with one attached hydrogen (secondary N) is 1. The molecule has 1 unspecified atom stereocenters. The van der Waals surface area contributed by atoms with Gasteiger partial charge in [-0.05, 0) is 12.1 Å². The van der Waals surface area contributed by atoms with Crippen molar-refractivity contribution < 1.29 is 18.1 Å². The van der Waals surface area contributed by atoms with Gasteiger partial charge in [0.1, 0.15) is 17.4 Å². The highest BCUT2D eigenvalue weighted by Crippen LogP contribution is 2.08. The molecule has 6 heteroatoms. The highest BCUT2D eigenvalue weighted by atomic mass is 32.2. The zero-order valence-corrected chi connectivity index (χ0v) is 9.44. The quantitative estimate of drug-likeness (QED) is 0.809. The first-order valence-corrected chi connectivity index (χ1v) is 6.26. The summed E-state index contributed by atoms with van der Waals surface area (Å²) in [5, 5.41) is 2.40. The molecule has 1 amide bonds. The summed E-state index contributed by atoms with van der Waals surface area (Å²) >= 11 is -1.02. The van der Waals surface area contributed by atoms with E-state index in [4.69, 9.17) is 0 Å². The standard InChI is InChI=1S/C10H11F2NO2S/c1-16(15)5-4-13-10(14)8-3-2-7(11)6-9(8)12/h2-3,6H,4-5H2,1H3,(H,13,14). The lowest BCUT2D eigenvalue weighted by molar-refractivity contribution is 0.0952. The third-order valence-electron chi connectivity index (χ3n) is 1.85. The Hall–Kier alpha value is -1.14. The van der Waals surface area contributed by atoms with Crippen molar-refractivity contribution in [1.29, 1.82) is 0 Å². The highest BCUT2D eigenvalue weighted by molar-refractivity contribution is 7.90. The Kier molecular flexibility index (Phi) is 4.70. The predicted octanol–water partition coefficient (Wildman–Crippen LogP) is 1.07. The molecule has 0 bridgehead atoms. The van der Waals surface area contributed by atoms with Crippen LogP contribution in [-0.4, -0.2) is 29.0 Å². The van der Waals surface area contributed by atoms with Crippen molar-refractivity contribution in [1.82, 2.24) is 5.32 Å². The van der Waals surface area contributed by atoms with Crippen molar-refractivity contribution in [2.24, 2.45) is 0 Å². The number of benzene rings is 1. The van der Waals surface area contributed by atoms with Crippen molar-refractivity contribution in [3.8, 4) is 0 Å². The Morgan fingerprint density at radius 2 is 2.19 bits per heavy atom. The molecule has 0 saturated carbocycles. The predicted molar refractivity (Wildman–Crippen MR) is 57.6 cm³/mol. The first-order valence-electron chi connectivity index (χ1n) is 4.54. The molecule has 0 saturated heterocycles. The second-order valence-electron chi connectivity index (χ2n) is 3.16. The molecule has 0 aliphatic carbocycles. The van der Waals surface area contributed by atoms with Gasteiger partial charge in [-0.3, -0.25) is 4.79 Å². The van der Waals surface area contributed by atoms with Crippen LogP contribution in [0.15, 0.2) is 18.2 Å². The molecule has 0 aliphatic heterocycles. The van der Waals surface area contributed by atoms with Crippen LogP contribution < -0.4 is 5.32 Å². The summed E-state index contributed by atoms with van der Waals surface area (Å²) in [4.78, 5) is 11.4. The fourth-order valence-electron chi connectivity index (χ4n) is 1.08. The Bertz CT molecular complexity index is 385. The van der Waals surface area contributed by atoms with Crippen LogP contribution in [0.3, 0.4) is 0 Å². The molecule has 1 rings (SSSR count). The number of hydrogen-bond donors (Lipinski definition) is 1. The van der Waals surface area contributed by atoms with Crippen molar-refractivity contribution in [3.63, 3.8) is 0 Å². The van der Waals surface area contributed by atoms with Gasteiger partial charge in [-0.25, -0.2) is 8.78 Å². The maximum absolute atomic E-state index is 13.1. The monoisotopic (exact) mass is 247 g/mol. The molecule has 0 fully saturated rings. The minimum atomic E-state index is -1.02. The van der Waals surface area contributed by atoms with Crippen LogP contribution in [0.5, 0.6) is 0 Å². The van der Waals surface area contributed by atoms with Crippen molar-refractivity contribution in [2.45, 2.75) is 0 Å². The zero-order valence-electron chi connectivity index (χ0n) is 8.63. The number of carbonyl (C=O) groups excluding carboxylic acids is 1. The summed E-state index contributed by atoms with van der Waals surface area (Å²) in [6.45, 7) is 0.193. The summed E-state index contributed by atoms with van der Waals surface area (Å²) in [6.07, 6.45) is 1.50. The second kappa shape index (κ2) is 5.81. The molecule has 16 heavy (non-hydrogen) atoms. The third-order valence-corrected chi connectivity index (χ3v) is 2.63. The van der Waals surface area contributed by atoms with Crippen LogP contribution in [0.1, 0.15) is 10.4 Å². The summed E-state index contributed by atoms with van der Waals surface area (Å²) in [5.74, 6) is -1.98. The van der Waals surface area contributed by atoms with Gasteiger partial charge in [0.25, 0.3) is 5.91 Å². The van der Waals surface area contributed by atoms with Crippen molar-refractivity contribution in [2.75, 3.05) is 18.6 Å². The molecule has 0 radical (unpaired) electrons. The van der Waals surface area contributed by atoms with Gasteiger partial charge >= 0.3 is 0 Å². The van der Waals surface area contributed by atoms with E-state index in [1.54, 1.807) is 0 Å². The van der Waals surface area contributed by atoms with Crippen LogP contribution in [0.4, 0.5) is 8.78 Å². The highest BCUT2D eigenvalue weighted by Gasteiger charge is 2.12. The van der Waals surface area contributed by atoms with Gasteiger partial charge in [-0.2, -0.15) is 0 Å². The van der Waals surface area contributed by atoms with E-state index in [0.717, 1.165) is 12.1 Å². The lowest BCUT2D eigenvalue weighted by atomic mass is 10.2. The fraction of sp³-hybridized carbons (Fsp3) is 0.300. The van der Waals surface area contributed by atoms with E-state index in [-0.39, 0.29) is 12.1 Å². The van der Waals surface area contributed by atoms with Gasteiger partial charge in [-0.1, -0.05) is 11.2 Å². The molecular formula is C10H11F2NO2S. The Balaban J connectivity index is 2.59. The molecule has 1 aromatic carbocycles. The lowest BCUT2D eigenvalue weighted by Gasteiger charge is -2.07. The van der Waals surface area contributed by atoms with E-state index in [2.05, 4.69) is 5.32 Å². The molecule has 0 spiro atoms. The maximum atomic E-state index is 13.1. The summed E-state index contributed by atoms with van der Waals surface area (Å²) in [6, 6.07) is 2.73. The minimum Gasteiger partial charge on any atom is -0.617 e. The van der Waals surface area contributed by atoms with E-state index in [0.29, 0.717) is 11.8 Å². The average molecular weight is 247 g/mol. The van der Waals surface area contributed by atoms with Crippen LogP contribution in [0.2, 0.25) is 0 Å². The van der Waals surface area contributed by atoms with Gasteiger partial charge in [0.2, 0.25) is 0 Å². The van der Waals surface area contributed by atoms with Gasteiger partial charge in [0, 0.05) is 6.07 Å². The molecule has 88 valence electrons. The molecule has 0 aliphatic rings. The lowest BCUT2D eigenvalue weighted by Crippen LogP contribution is -2.29. The number of amides is 1. The van der Waals surface area contributed by atoms with E-state index in [1.165, 1.54) is 6.26 Å². The Morgan fingerprint density at radius 1 is 1.50 bits per heavy atom. The molecule has 1 atom stereocenters. The second-order valence-corrected chi connectivity index (χ2v) is 4.71. The number of carbonyl (C=O) groups is 1. The Morgan fingerprint density at radius 3 is 2.75 bits per heavy atom. The van der Waals surface area contributed by atoms with Crippen molar-refractivity contribution >= 4 is 17.1 Å². The maximum Gasteiger partial charge on any atom is 0.254 e. The SMILES string of the molecule is C[S+]([O-])CCNC(=O)c1ccc(F)cc1F. The van der Waals surface area contributed by atoms with Gasteiger partial charge < -0.3 is 9.87 Å². The summed E-state index contributed by atoms with van der Waals surface area (Å²) in [7, 11) is 0. The number of hydrogen-bond acceptors (Lipinski definition) is 2. The summed E-state index contributed by atoms with van der Waals surface area (Å²) in [5.41, 5.74) is -0.219. The largest absolute Gasteiger partial charge is 0.617 e. The van der Waals surface area contributed by atoms with E-state index >= 15 is 0 Å². The normalized spacial score (nSPS) is 12.2. The van der Waals surface area contributed by atoms with E-state index in [9.17, 15) is 18.1 Å². The van der Waals surface area contributed by atoms with Gasteiger partial charge in [0.15, 0.2) is 0 Å². The van der Waals surface area contributed by atoms with E-state index < -0.39 is 28.7 Å². The fourth-order valence-corrected chi connectivity index (χ4v) is 1.47. The summed E-state index contributed by atoms with van der Waals surface area (Å²) < 4.78 is 36.4. The molecule has 0 aromatic heterocycles. The topological polar surface area (TPSA) is 52.2 Å². The molecular weight excluding hydrogens is 236 g/mol. The minimum absolute atomic E-state index is 0.193. The molecule has 0 heterocycles. The molecule has 1 N–H and O–H groups in total. The first kappa shape index (κ1) is 12.9. The smallest absolute Gasteiger partial charge is 0.254 e. The van der Waals surface area contributed by atoms with Gasteiger partial charge in [0.05, 0.1) is 18.4 Å². The zero-order chi connectivity index (χ0) is 12.1. The van der Waals surface area contributed by atoms with Crippen LogP contribution in [0, 0.1) is 11.6 Å². The van der Waals surface area contributed by atoms with E-state index in [1.807, 2.05) is 0 Å². The van der Waals surface area contributed by atoms with Gasteiger partial charge in [-0.15, -0.1) is 0 Å². The van der Waals surface area contributed by atoms with Crippen molar-refractivity contribution in [3.05, 3.63) is 35.4 Å². The average Bonchev–Trinajstić information content (AvgIpc) is 2.16. The van der Waals surface area contributed by atoms with Crippen LogP contribution in [0.25, 0.3) is 0 Å². The number of halogens is 2. The van der Waals surface area contributed by atoms with Crippen LogP contribution in [-0.2, 0) is 11.2 Å². The first-order chi connectivity index (χ1) is 7.50. The van der Waals surface area contributed by atoms with Crippen LogP contribution >= 0.6 is 0 Å². The number of rotatable bonds is 4. The third kappa shape index (κ3) is 3.79.